The molecule has 4 nitrogen and oxygen atoms in total. The predicted molar refractivity (Wildman–Crippen MR) is 174 cm³/mol. The summed E-state index contributed by atoms with van der Waals surface area (Å²) in [5, 5.41) is 5.98. The number of nitrogens with one attached hydrogen (secondary N) is 2. The third-order valence-electron chi connectivity index (χ3n) is 6.94. The fraction of sp³-hybridized carbons (Fsp3) is 0.0526. The van der Waals surface area contributed by atoms with Crippen LogP contribution in [0.5, 0.6) is 0 Å². The van der Waals surface area contributed by atoms with E-state index in [4.69, 9.17) is 0 Å². The van der Waals surface area contributed by atoms with Gasteiger partial charge < -0.3 is 10.6 Å². The topological polar surface area (TPSA) is 58.2 Å². The Hall–Kier alpha value is -5.48. The molecule has 0 saturated carbocycles. The summed E-state index contributed by atoms with van der Waals surface area (Å²) in [7, 11) is 0. The molecule has 0 aliphatic rings. The Kier molecular flexibility index (Phi) is 8.85. The summed E-state index contributed by atoms with van der Waals surface area (Å²) in [5.41, 5.74) is 8.91. The lowest BCUT2D eigenvalue weighted by Gasteiger charge is -2.16. The summed E-state index contributed by atoms with van der Waals surface area (Å²) in [6, 6.07) is 41.3. The highest BCUT2D eigenvalue weighted by Gasteiger charge is 2.13. The van der Waals surface area contributed by atoms with Crippen LogP contribution in [0.2, 0.25) is 0 Å². The maximum Gasteiger partial charge on any atom is 0.248 e. The van der Waals surface area contributed by atoms with Crippen molar-refractivity contribution < 1.29 is 9.59 Å². The molecular weight excluding hydrogens is 516 g/mol. The Bertz CT molecular complexity index is 1720. The fourth-order valence-electron chi connectivity index (χ4n) is 4.63. The van der Waals surface area contributed by atoms with Crippen LogP contribution in [0.4, 0.5) is 11.4 Å². The van der Waals surface area contributed by atoms with Crippen molar-refractivity contribution in [3.05, 3.63) is 168 Å². The third-order valence-corrected chi connectivity index (χ3v) is 6.94. The summed E-state index contributed by atoms with van der Waals surface area (Å²) in [6.07, 6.45) is 3.56. The van der Waals surface area contributed by atoms with Crippen LogP contribution in [-0.2, 0) is 16.0 Å². The average molecular weight is 549 g/mol. The number of carbonyl (C=O) groups is 2. The van der Waals surface area contributed by atoms with E-state index >= 15 is 0 Å². The minimum Gasteiger partial charge on any atom is -0.325 e. The van der Waals surface area contributed by atoms with Crippen molar-refractivity contribution in [2.45, 2.75) is 13.3 Å². The maximum absolute atomic E-state index is 12.9. The quantitative estimate of drug-likeness (QED) is 0.181. The van der Waals surface area contributed by atoms with Gasteiger partial charge in [-0.15, -0.1) is 0 Å². The van der Waals surface area contributed by atoms with Crippen molar-refractivity contribution >= 4 is 34.8 Å². The van der Waals surface area contributed by atoms with Gasteiger partial charge in [0, 0.05) is 23.0 Å². The molecular formula is C38H32N2O2. The van der Waals surface area contributed by atoms with E-state index in [2.05, 4.69) is 29.3 Å². The van der Waals surface area contributed by atoms with Gasteiger partial charge in [0.05, 0.1) is 6.42 Å². The van der Waals surface area contributed by atoms with Crippen molar-refractivity contribution in [2.75, 3.05) is 10.6 Å². The molecule has 0 heterocycles. The number of hydrogen-bond donors (Lipinski definition) is 2. The van der Waals surface area contributed by atoms with Crippen molar-refractivity contribution in [3.63, 3.8) is 0 Å². The summed E-state index contributed by atoms with van der Waals surface area (Å²) in [6.45, 7) is 6.32. The van der Waals surface area contributed by atoms with Crippen LogP contribution >= 0.6 is 0 Å². The van der Waals surface area contributed by atoms with Gasteiger partial charge >= 0.3 is 0 Å². The monoisotopic (exact) mass is 548 g/mol. The van der Waals surface area contributed by atoms with Crippen LogP contribution in [-0.4, -0.2) is 11.8 Å². The summed E-state index contributed by atoms with van der Waals surface area (Å²) >= 11 is 0. The summed E-state index contributed by atoms with van der Waals surface area (Å²) < 4.78 is 0. The van der Waals surface area contributed by atoms with Gasteiger partial charge in [0.2, 0.25) is 11.8 Å². The van der Waals surface area contributed by atoms with Gasteiger partial charge in [-0.2, -0.15) is 0 Å². The summed E-state index contributed by atoms with van der Waals surface area (Å²) in [4.78, 5) is 25.8. The fourth-order valence-corrected chi connectivity index (χ4v) is 4.63. The SMILES string of the molecule is C=C(c1ccccc1)c1cc(NC(=O)/C=C/c2ccc(-c3ccccc3)cc2)ccc1NC(=O)Cc1ccc(C)cc1. The first-order chi connectivity index (χ1) is 20.4. The van der Waals surface area contributed by atoms with E-state index in [0.29, 0.717) is 11.4 Å². The molecule has 4 heteroatoms. The molecule has 0 spiro atoms. The molecule has 0 aromatic heterocycles. The first-order valence-corrected chi connectivity index (χ1v) is 13.8. The predicted octanol–water partition coefficient (Wildman–Crippen LogP) is 8.56. The lowest BCUT2D eigenvalue weighted by Crippen LogP contribution is -2.16. The first kappa shape index (κ1) is 28.1. The molecule has 5 aromatic carbocycles. The van der Waals surface area contributed by atoms with Gasteiger partial charge in [-0.3, -0.25) is 9.59 Å². The molecule has 2 N–H and O–H groups in total. The molecule has 5 aromatic rings. The molecule has 42 heavy (non-hydrogen) atoms. The molecule has 2 amide bonds. The van der Waals surface area contributed by atoms with Crippen molar-refractivity contribution in [1.82, 2.24) is 0 Å². The zero-order valence-corrected chi connectivity index (χ0v) is 23.5. The van der Waals surface area contributed by atoms with Crippen LogP contribution in [0, 0.1) is 6.92 Å². The Labute approximate surface area is 247 Å². The van der Waals surface area contributed by atoms with Crippen LogP contribution in [0.15, 0.2) is 140 Å². The van der Waals surface area contributed by atoms with Crippen molar-refractivity contribution in [1.29, 1.82) is 0 Å². The highest BCUT2D eigenvalue weighted by atomic mass is 16.2. The number of carbonyl (C=O) groups excluding carboxylic acids is 2. The minimum atomic E-state index is -0.255. The summed E-state index contributed by atoms with van der Waals surface area (Å²) in [5.74, 6) is -0.381. The molecule has 0 fully saturated rings. The third kappa shape index (κ3) is 7.38. The zero-order valence-electron chi connectivity index (χ0n) is 23.5. The molecule has 0 aliphatic carbocycles. The normalized spacial score (nSPS) is 10.8. The minimum absolute atomic E-state index is 0.126. The number of rotatable bonds is 9. The van der Waals surface area contributed by atoms with E-state index in [-0.39, 0.29) is 18.2 Å². The largest absolute Gasteiger partial charge is 0.325 e. The van der Waals surface area contributed by atoms with E-state index in [1.807, 2.05) is 110 Å². The van der Waals surface area contributed by atoms with Gasteiger partial charge in [-0.1, -0.05) is 121 Å². The van der Waals surface area contributed by atoms with Crippen molar-refractivity contribution in [3.8, 4) is 11.1 Å². The number of amides is 2. The average Bonchev–Trinajstić information content (AvgIpc) is 3.02. The van der Waals surface area contributed by atoms with Crippen LogP contribution in [0.3, 0.4) is 0 Å². The van der Waals surface area contributed by atoms with Crippen LogP contribution in [0.25, 0.3) is 22.8 Å². The second kappa shape index (κ2) is 13.2. The highest BCUT2D eigenvalue weighted by Crippen LogP contribution is 2.31. The zero-order chi connectivity index (χ0) is 29.3. The van der Waals surface area contributed by atoms with Crippen molar-refractivity contribution in [2.24, 2.45) is 0 Å². The van der Waals surface area contributed by atoms with E-state index in [9.17, 15) is 9.59 Å². The molecule has 5 rings (SSSR count). The maximum atomic E-state index is 12.9. The molecule has 0 unspecified atom stereocenters. The van der Waals surface area contributed by atoms with E-state index in [1.54, 1.807) is 18.2 Å². The van der Waals surface area contributed by atoms with E-state index in [1.165, 1.54) is 6.08 Å². The first-order valence-electron chi connectivity index (χ1n) is 13.8. The Balaban J connectivity index is 1.31. The number of anilines is 2. The highest BCUT2D eigenvalue weighted by molar-refractivity contribution is 6.03. The van der Waals surface area contributed by atoms with Crippen LogP contribution in [0.1, 0.15) is 27.8 Å². The van der Waals surface area contributed by atoms with Gasteiger partial charge in [0.25, 0.3) is 0 Å². The van der Waals surface area contributed by atoms with Gasteiger partial charge in [-0.25, -0.2) is 0 Å². The number of benzene rings is 5. The van der Waals surface area contributed by atoms with Gasteiger partial charge in [0.15, 0.2) is 0 Å². The lowest BCUT2D eigenvalue weighted by molar-refractivity contribution is -0.115. The standard InChI is InChI=1S/C38H32N2O2/c1-27-13-15-30(16-14-27)25-38(42)40-36-23-22-34(26-35(36)28(2)31-9-5-3-6-10-31)39-37(41)24-19-29-17-20-33(21-18-29)32-11-7-4-8-12-32/h3-24,26H,2,25H2,1H3,(H,39,41)(H,40,42)/b24-19+. The Morgan fingerprint density at radius 3 is 2.05 bits per heavy atom. The molecule has 0 saturated heterocycles. The Morgan fingerprint density at radius 2 is 1.36 bits per heavy atom. The lowest BCUT2D eigenvalue weighted by atomic mass is 9.97. The van der Waals surface area contributed by atoms with Gasteiger partial charge in [0.1, 0.15) is 0 Å². The molecule has 0 aliphatic heterocycles. The number of hydrogen-bond acceptors (Lipinski definition) is 2. The van der Waals surface area contributed by atoms with Crippen LogP contribution < -0.4 is 10.6 Å². The second-order valence-electron chi connectivity index (χ2n) is 10.1. The van der Waals surface area contributed by atoms with Gasteiger partial charge in [-0.05, 0) is 64.6 Å². The smallest absolute Gasteiger partial charge is 0.248 e. The number of aryl methyl sites for hydroxylation is 1. The second-order valence-corrected chi connectivity index (χ2v) is 10.1. The Morgan fingerprint density at radius 1 is 0.714 bits per heavy atom. The molecule has 206 valence electrons. The van der Waals surface area contributed by atoms with E-state index in [0.717, 1.165) is 44.5 Å². The molecule has 0 radical (unpaired) electrons. The molecule has 0 atom stereocenters. The van der Waals surface area contributed by atoms with E-state index < -0.39 is 0 Å². The molecule has 0 bridgehead atoms.